The highest BCUT2D eigenvalue weighted by Gasteiger charge is 2.31. The van der Waals surface area contributed by atoms with Crippen LogP contribution in [-0.2, 0) is 12.6 Å². The normalized spacial score (nSPS) is 11.5. The Morgan fingerprint density at radius 3 is 2.48 bits per heavy atom. The van der Waals surface area contributed by atoms with Crippen molar-refractivity contribution in [1.82, 2.24) is 15.0 Å². The first kappa shape index (κ1) is 22.4. The van der Waals surface area contributed by atoms with Crippen LogP contribution in [0.2, 0.25) is 0 Å². The number of benzene rings is 2. The minimum Gasteiger partial charge on any atom is -0.440 e. The molecule has 0 radical (unpaired) electrons. The number of anilines is 1. The summed E-state index contributed by atoms with van der Waals surface area (Å²) < 4.78 is 72.2. The molecule has 0 aliphatic carbocycles. The van der Waals surface area contributed by atoms with E-state index in [4.69, 9.17) is 4.74 Å². The van der Waals surface area contributed by atoms with Crippen LogP contribution < -0.4 is 15.5 Å². The fourth-order valence-corrected chi connectivity index (χ4v) is 3.30. The first-order valence-corrected chi connectivity index (χ1v) is 9.85. The minimum atomic E-state index is -4.49. The van der Waals surface area contributed by atoms with Gasteiger partial charge in [-0.15, -0.1) is 0 Å². The molecule has 168 valence electrons. The van der Waals surface area contributed by atoms with E-state index in [-0.39, 0.29) is 22.6 Å². The zero-order valence-corrected chi connectivity index (χ0v) is 17.3. The number of aromatic nitrogens is 3. The number of ether oxygens (including phenoxy) is 1. The van der Waals surface area contributed by atoms with E-state index >= 15 is 0 Å². The molecule has 2 aromatic heterocycles. The quantitative estimate of drug-likeness (QED) is 0.350. The molecule has 0 aliphatic rings. The predicted octanol–water partition coefficient (Wildman–Crippen LogP) is 4.03. The van der Waals surface area contributed by atoms with E-state index in [1.54, 1.807) is 20.0 Å². The second-order valence-electron chi connectivity index (χ2n) is 7.23. The summed E-state index contributed by atoms with van der Waals surface area (Å²) in [6.07, 6.45) is -1.77. The van der Waals surface area contributed by atoms with Gasteiger partial charge in [0, 0.05) is 18.8 Å². The van der Waals surface area contributed by atoms with Crippen molar-refractivity contribution in [2.45, 2.75) is 12.6 Å². The van der Waals surface area contributed by atoms with E-state index < -0.39 is 23.4 Å². The number of fused-ring (bicyclic) bond motifs is 1. The number of rotatable bonds is 6. The SMILES string of the molecule is Bc1cc(CCNc2ncnc3c(F)ccc(F)c23)ccc1Oc1cc(C(F)(F)F)ccn1. The summed E-state index contributed by atoms with van der Waals surface area (Å²) in [6.45, 7) is 0.372. The molecule has 5 nitrogen and oxygen atoms in total. The van der Waals surface area contributed by atoms with Crippen LogP contribution in [0.3, 0.4) is 0 Å². The molecule has 4 rings (SSSR count). The fraction of sp³-hybridized carbons (Fsp3) is 0.136. The lowest BCUT2D eigenvalue weighted by atomic mass is 9.92. The van der Waals surface area contributed by atoms with Crippen LogP contribution in [0.15, 0.2) is 55.0 Å². The Hall–Kier alpha value is -3.76. The maximum atomic E-state index is 14.2. The van der Waals surface area contributed by atoms with Gasteiger partial charge in [0.05, 0.1) is 10.9 Å². The number of nitrogens with zero attached hydrogens (tertiary/aromatic N) is 3. The third-order valence-electron chi connectivity index (χ3n) is 4.91. The Morgan fingerprint density at radius 1 is 0.939 bits per heavy atom. The molecule has 0 amide bonds. The number of alkyl halides is 3. The predicted molar refractivity (Wildman–Crippen MR) is 116 cm³/mol. The topological polar surface area (TPSA) is 59.9 Å². The van der Waals surface area contributed by atoms with Gasteiger partial charge in [-0.2, -0.15) is 13.2 Å². The fourth-order valence-electron chi connectivity index (χ4n) is 3.30. The Kier molecular flexibility index (Phi) is 6.12. The zero-order valence-electron chi connectivity index (χ0n) is 17.3. The van der Waals surface area contributed by atoms with E-state index in [2.05, 4.69) is 20.3 Å². The van der Waals surface area contributed by atoms with Gasteiger partial charge in [-0.05, 0) is 41.7 Å². The van der Waals surface area contributed by atoms with Gasteiger partial charge in [-0.25, -0.2) is 23.7 Å². The molecule has 0 saturated carbocycles. The molecule has 2 heterocycles. The molecule has 4 aromatic rings. The zero-order chi connectivity index (χ0) is 23.6. The molecule has 0 unspecified atom stereocenters. The average molecular weight is 458 g/mol. The van der Waals surface area contributed by atoms with Crippen molar-refractivity contribution in [2.75, 3.05) is 11.9 Å². The molecule has 1 N–H and O–H groups in total. The number of pyridine rings is 1. The standard InChI is InChI=1S/C22H16BF5N4O/c23-14-9-12(1-4-17(14)33-18-10-13(6-8-29-18)22(26,27)28)5-7-30-21-19-15(24)2-3-16(25)20(19)31-11-32-21/h1-4,6,8-11H,5,7,23H2,(H,30,31,32). The van der Waals surface area contributed by atoms with Crippen molar-refractivity contribution in [3.63, 3.8) is 0 Å². The van der Waals surface area contributed by atoms with Gasteiger partial charge >= 0.3 is 6.18 Å². The Labute approximate surface area is 186 Å². The van der Waals surface area contributed by atoms with E-state index in [1.807, 2.05) is 6.07 Å². The third kappa shape index (κ3) is 5.02. The summed E-state index contributed by atoms with van der Waals surface area (Å²) in [6, 6.07) is 8.96. The Morgan fingerprint density at radius 2 is 1.73 bits per heavy atom. The van der Waals surface area contributed by atoms with Crippen LogP contribution in [0.1, 0.15) is 11.1 Å². The molecule has 0 saturated heterocycles. The van der Waals surface area contributed by atoms with Gasteiger partial charge in [0.25, 0.3) is 0 Å². The second-order valence-corrected chi connectivity index (χ2v) is 7.23. The molecule has 0 fully saturated rings. The van der Waals surface area contributed by atoms with Gasteiger partial charge in [0.1, 0.15) is 42.9 Å². The third-order valence-corrected chi connectivity index (χ3v) is 4.91. The summed E-state index contributed by atoms with van der Waals surface area (Å²) in [5.41, 5.74) is 0.649. The van der Waals surface area contributed by atoms with Crippen molar-refractivity contribution in [3.05, 3.63) is 77.8 Å². The highest BCUT2D eigenvalue weighted by molar-refractivity contribution is 6.34. The van der Waals surface area contributed by atoms with E-state index in [1.165, 1.54) is 0 Å². The van der Waals surface area contributed by atoms with Crippen molar-refractivity contribution in [3.8, 4) is 11.6 Å². The van der Waals surface area contributed by atoms with Crippen LogP contribution in [-0.4, -0.2) is 29.3 Å². The van der Waals surface area contributed by atoms with E-state index in [9.17, 15) is 22.0 Å². The molecule has 0 spiro atoms. The lowest BCUT2D eigenvalue weighted by Gasteiger charge is -2.12. The molecular formula is C22H16BF5N4O. The monoisotopic (exact) mass is 458 g/mol. The van der Waals surface area contributed by atoms with Crippen molar-refractivity contribution < 1.29 is 26.7 Å². The number of halogens is 5. The van der Waals surface area contributed by atoms with Crippen LogP contribution in [0.4, 0.5) is 27.8 Å². The first-order chi connectivity index (χ1) is 15.7. The number of hydrogen-bond acceptors (Lipinski definition) is 5. The molecule has 11 heteroatoms. The lowest BCUT2D eigenvalue weighted by molar-refractivity contribution is -0.137. The highest BCUT2D eigenvalue weighted by atomic mass is 19.4. The van der Waals surface area contributed by atoms with Crippen LogP contribution in [0.25, 0.3) is 10.9 Å². The largest absolute Gasteiger partial charge is 0.440 e. The van der Waals surface area contributed by atoms with Gasteiger partial charge in [0.2, 0.25) is 5.88 Å². The Balaban J connectivity index is 1.44. The smallest absolute Gasteiger partial charge is 0.416 e. The van der Waals surface area contributed by atoms with Crippen molar-refractivity contribution in [2.24, 2.45) is 0 Å². The van der Waals surface area contributed by atoms with Crippen molar-refractivity contribution in [1.29, 1.82) is 0 Å². The highest BCUT2D eigenvalue weighted by Crippen LogP contribution is 2.31. The lowest BCUT2D eigenvalue weighted by Crippen LogP contribution is -2.12. The van der Waals surface area contributed by atoms with Gasteiger partial charge < -0.3 is 10.1 Å². The molecular weight excluding hydrogens is 442 g/mol. The average Bonchev–Trinajstić information content (AvgIpc) is 2.78. The van der Waals surface area contributed by atoms with E-state index in [0.29, 0.717) is 24.2 Å². The minimum absolute atomic E-state index is 0.0222. The summed E-state index contributed by atoms with van der Waals surface area (Å²) in [5, 5.41) is 2.97. The van der Waals surface area contributed by atoms with Gasteiger partial charge in [-0.1, -0.05) is 12.1 Å². The molecule has 33 heavy (non-hydrogen) atoms. The van der Waals surface area contributed by atoms with Gasteiger partial charge in [0.15, 0.2) is 0 Å². The maximum Gasteiger partial charge on any atom is 0.416 e. The van der Waals surface area contributed by atoms with E-state index in [0.717, 1.165) is 42.4 Å². The molecule has 0 bridgehead atoms. The summed E-state index contributed by atoms with van der Waals surface area (Å²) in [5.74, 6) is -0.872. The summed E-state index contributed by atoms with van der Waals surface area (Å²) in [4.78, 5) is 11.6. The summed E-state index contributed by atoms with van der Waals surface area (Å²) in [7, 11) is 1.76. The molecule has 0 atom stereocenters. The van der Waals surface area contributed by atoms with Crippen LogP contribution >= 0.6 is 0 Å². The Bertz CT molecular complexity index is 1320. The number of hydrogen-bond donors (Lipinski definition) is 1. The van der Waals surface area contributed by atoms with Crippen molar-refractivity contribution >= 4 is 30.0 Å². The first-order valence-electron chi connectivity index (χ1n) is 9.85. The molecule has 0 aliphatic heterocycles. The van der Waals surface area contributed by atoms with Crippen LogP contribution in [0.5, 0.6) is 11.6 Å². The van der Waals surface area contributed by atoms with Gasteiger partial charge in [-0.3, -0.25) is 0 Å². The molecule has 2 aromatic carbocycles. The second kappa shape index (κ2) is 9.01. The van der Waals surface area contributed by atoms with Crippen LogP contribution in [0, 0.1) is 11.6 Å². The summed E-state index contributed by atoms with van der Waals surface area (Å²) >= 11 is 0. The number of nitrogens with one attached hydrogen (secondary N) is 1. The maximum absolute atomic E-state index is 14.2.